The van der Waals surface area contributed by atoms with Crippen molar-refractivity contribution in [2.75, 3.05) is 36.9 Å². The van der Waals surface area contributed by atoms with Crippen LogP contribution in [0.4, 0.5) is 16.2 Å². The molecule has 0 radical (unpaired) electrons. The Morgan fingerprint density at radius 3 is 3.00 bits per heavy atom. The molecule has 2 rings (SSSR count). The van der Waals surface area contributed by atoms with Gasteiger partial charge in [-0.05, 0) is 25.2 Å². The molecule has 0 atom stereocenters. The first-order valence-corrected chi connectivity index (χ1v) is 6.30. The Labute approximate surface area is 112 Å². The van der Waals surface area contributed by atoms with Gasteiger partial charge in [-0.15, -0.1) is 0 Å². The van der Waals surface area contributed by atoms with Crippen molar-refractivity contribution in [1.82, 2.24) is 10.6 Å². The van der Waals surface area contributed by atoms with Gasteiger partial charge in [-0.3, -0.25) is 9.69 Å². The number of nitrogens with zero attached hydrogens (tertiary/aromatic N) is 1. The SMILES string of the molecule is CNCCC(=O)Nc1cccc(N2CCNC2=O)c1. The Hall–Kier alpha value is -2.08. The summed E-state index contributed by atoms with van der Waals surface area (Å²) in [5.74, 6) is -0.0441. The molecule has 3 amide bonds. The van der Waals surface area contributed by atoms with Gasteiger partial charge in [0.15, 0.2) is 0 Å². The fourth-order valence-electron chi connectivity index (χ4n) is 1.93. The summed E-state index contributed by atoms with van der Waals surface area (Å²) in [5.41, 5.74) is 1.50. The van der Waals surface area contributed by atoms with E-state index in [0.29, 0.717) is 31.7 Å². The molecule has 0 spiro atoms. The molecule has 3 N–H and O–H groups in total. The zero-order valence-electron chi connectivity index (χ0n) is 10.9. The summed E-state index contributed by atoms with van der Waals surface area (Å²) in [6.45, 7) is 1.94. The highest BCUT2D eigenvalue weighted by molar-refractivity contribution is 5.96. The van der Waals surface area contributed by atoms with Crippen LogP contribution in [0.25, 0.3) is 0 Å². The number of hydrogen-bond acceptors (Lipinski definition) is 3. The third kappa shape index (κ3) is 3.45. The standard InChI is InChI=1S/C13H18N4O2/c1-14-6-5-12(18)16-10-3-2-4-11(9-10)17-8-7-15-13(17)19/h2-4,9,14H,5-8H2,1H3,(H,15,19)(H,16,18). The van der Waals surface area contributed by atoms with E-state index >= 15 is 0 Å². The number of rotatable bonds is 5. The number of hydrogen-bond donors (Lipinski definition) is 3. The molecule has 1 saturated heterocycles. The van der Waals surface area contributed by atoms with Gasteiger partial charge in [0.1, 0.15) is 0 Å². The first-order valence-electron chi connectivity index (χ1n) is 6.30. The quantitative estimate of drug-likeness (QED) is 0.733. The molecule has 1 aromatic carbocycles. The van der Waals surface area contributed by atoms with E-state index in [4.69, 9.17) is 0 Å². The molecule has 6 heteroatoms. The fourth-order valence-corrected chi connectivity index (χ4v) is 1.93. The van der Waals surface area contributed by atoms with E-state index in [-0.39, 0.29) is 11.9 Å². The maximum atomic E-state index is 11.6. The molecular formula is C13H18N4O2. The summed E-state index contributed by atoms with van der Waals surface area (Å²) in [6.07, 6.45) is 0.422. The van der Waals surface area contributed by atoms with Crippen molar-refractivity contribution in [2.24, 2.45) is 0 Å². The average Bonchev–Trinajstić information content (AvgIpc) is 2.83. The Morgan fingerprint density at radius 1 is 1.47 bits per heavy atom. The predicted octanol–water partition coefficient (Wildman–Crippen LogP) is 0.764. The number of carbonyl (C=O) groups is 2. The summed E-state index contributed by atoms with van der Waals surface area (Å²) >= 11 is 0. The van der Waals surface area contributed by atoms with E-state index in [1.54, 1.807) is 11.9 Å². The maximum absolute atomic E-state index is 11.6. The van der Waals surface area contributed by atoms with Crippen molar-refractivity contribution in [1.29, 1.82) is 0 Å². The smallest absolute Gasteiger partial charge is 0.321 e. The minimum absolute atomic E-state index is 0.0441. The van der Waals surface area contributed by atoms with Crippen LogP contribution >= 0.6 is 0 Å². The lowest BCUT2D eigenvalue weighted by atomic mass is 10.2. The summed E-state index contributed by atoms with van der Waals surface area (Å²) in [5, 5.41) is 8.49. The topological polar surface area (TPSA) is 73.5 Å². The van der Waals surface area contributed by atoms with E-state index in [2.05, 4.69) is 16.0 Å². The number of nitrogens with one attached hydrogen (secondary N) is 3. The van der Waals surface area contributed by atoms with Crippen LogP contribution in [0.3, 0.4) is 0 Å². The van der Waals surface area contributed by atoms with E-state index < -0.39 is 0 Å². The second kappa shape index (κ2) is 6.19. The molecular weight excluding hydrogens is 244 g/mol. The molecule has 102 valence electrons. The molecule has 1 aromatic rings. The molecule has 0 aromatic heterocycles. The van der Waals surface area contributed by atoms with Crippen LogP contribution in [-0.2, 0) is 4.79 Å². The normalized spacial score (nSPS) is 14.4. The van der Waals surface area contributed by atoms with Crippen molar-refractivity contribution in [2.45, 2.75) is 6.42 Å². The zero-order chi connectivity index (χ0) is 13.7. The lowest BCUT2D eigenvalue weighted by Gasteiger charge is -2.15. The van der Waals surface area contributed by atoms with Crippen molar-refractivity contribution >= 4 is 23.3 Å². The van der Waals surface area contributed by atoms with Crippen LogP contribution in [0.2, 0.25) is 0 Å². The molecule has 0 bridgehead atoms. The fraction of sp³-hybridized carbons (Fsp3) is 0.385. The summed E-state index contributed by atoms with van der Waals surface area (Å²) in [7, 11) is 1.81. The monoisotopic (exact) mass is 262 g/mol. The van der Waals surface area contributed by atoms with E-state index in [0.717, 1.165) is 5.69 Å². The first kappa shape index (κ1) is 13.4. The molecule has 0 aliphatic carbocycles. The number of urea groups is 1. The van der Waals surface area contributed by atoms with Crippen molar-refractivity contribution in [3.05, 3.63) is 24.3 Å². The van der Waals surface area contributed by atoms with E-state index in [1.165, 1.54) is 0 Å². The van der Waals surface area contributed by atoms with Gasteiger partial charge < -0.3 is 16.0 Å². The van der Waals surface area contributed by atoms with Crippen LogP contribution in [0.15, 0.2) is 24.3 Å². The second-order valence-corrected chi connectivity index (χ2v) is 4.34. The average molecular weight is 262 g/mol. The minimum Gasteiger partial charge on any atom is -0.336 e. The van der Waals surface area contributed by atoms with Gasteiger partial charge in [-0.2, -0.15) is 0 Å². The van der Waals surface area contributed by atoms with Crippen molar-refractivity contribution in [3.63, 3.8) is 0 Å². The van der Waals surface area contributed by atoms with Gasteiger partial charge in [-0.25, -0.2) is 4.79 Å². The largest absolute Gasteiger partial charge is 0.336 e. The number of carbonyl (C=O) groups excluding carboxylic acids is 2. The number of benzene rings is 1. The van der Waals surface area contributed by atoms with Crippen LogP contribution in [0, 0.1) is 0 Å². The van der Waals surface area contributed by atoms with Crippen LogP contribution in [0.5, 0.6) is 0 Å². The molecule has 6 nitrogen and oxygen atoms in total. The highest BCUT2D eigenvalue weighted by Crippen LogP contribution is 2.20. The highest BCUT2D eigenvalue weighted by Gasteiger charge is 2.21. The van der Waals surface area contributed by atoms with Gasteiger partial charge in [0.2, 0.25) is 5.91 Å². The predicted molar refractivity (Wildman–Crippen MR) is 74.4 cm³/mol. The Bertz CT molecular complexity index is 475. The Morgan fingerprint density at radius 2 is 2.32 bits per heavy atom. The lowest BCUT2D eigenvalue weighted by Crippen LogP contribution is -2.27. The van der Waals surface area contributed by atoms with Crippen LogP contribution in [-0.4, -0.2) is 38.6 Å². The zero-order valence-corrected chi connectivity index (χ0v) is 10.9. The molecule has 1 fully saturated rings. The lowest BCUT2D eigenvalue weighted by molar-refractivity contribution is -0.116. The van der Waals surface area contributed by atoms with Crippen LogP contribution in [0.1, 0.15) is 6.42 Å². The molecule has 1 heterocycles. The Balaban J connectivity index is 2.02. The van der Waals surface area contributed by atoms with Crippen molar-refractivity contribution < 1.29 is 9.59 Å². The molecule has 1 aliphatic heterocycles. The minimum atomic E-state index is -0.0985. The summed E-state index contributed by atoms with van der Waals surface area (Å²) in [4.78, 5) is 24.8. The van der Waals surface area contributed by atoms with Gasteiger partial charge in [0.05, 0.1) is 0 Å². The third-order valence-corrected chi connectivity index (χ3v) is 2.90. The van der Waals surface area contributed by atoms with Crippen molar-refractivity contribution in [3.8, 4) is 0 Å². The van der Waals surface area contributed by atoms with Gasteiger partial charge >= 0.3 is 6.03 Å². The Kier molecular flexibility index (Phi) is 4.35. The van der Waals surface area contributed by atoms with E-state index in [1.807, 2.05) is 24.3 Å². The first-order chi connectivity index (χ1) is 9.20. The third-order valence-electron chi connectivity index (χ3n) is 2.90. The highest BCUT2D eigenvalue weighted by atomic mass is 16.2. The molecule has 0 saturated carbocycles. The second-order valence-electron chi connectivity index (χ2n) is 4.34. The van der Waals surface area contributed by atoms with E-state index in [9.17, 15) is 9.59 Å². The number of amides is 3. The van der Waals surface area contributed by atoms with Gasteiger partial charge in [-0.1, -0.05) is 6.07 Å². The molecule has 1 aliphatic rings. The summed E-state index contributed by atoms with van der Waals surface area (Å²) in [6, 6.07) is 7.21. The molecule has 19 heavy (non-hydrogen) atoms. The maximum Gasteiger partial charge on any atom is 0.321 e. The molecule has 0 unspecified atom stereocenters. The van der Waals surface area contributed by atoms with Gasteiger partial charge in [0.25, 0.3) is 0 Å². The van der Waals surface area contributed by atoms with Crippen LogP contribution < -0.4 is 20.9 Å². The van der Waals surface area contributed by atoms with Gasteiger partial charge in [0, 0.05) is 37.4 Å². The number of anilines is 2. The summed E-state index contributed by atoms with van der Waals surface area (Å²) < 4.78 is 0.